The van der Waals surface area contributed by atoms with E-state index in [-0.39, 0.29) is 0 Å². The van der Waals surface area contributed by atoms with Gasteiger partial charge in [-0.05, 0) is 45.8 Å². The molecule has 0 spiro atoms. The van der Waals surface area contributed by atoms with Crippen molar-refractivity contribution in [2.24, 2.45) is 5.73 Å². The van der Waals surface area contributed by atoms with E-state index in [4.69, 9.17) is 18.0 Å². The number of nitrogens with two attached hydrogens (primary N) is 1. The van der Waals surface area contributed by atoms with Crippen molar-refractivity contribution in [1.29, 1.82) is 0 Å². The first-order valence-corrected chi connectivity index (χ1v) is 7.60. The van der Waals surface area contributed by atoms with E-state index < -0.39 is 0 Å². The predicted octanol–water partition coefficient (Wildman–Crippen LogP) is 1.71. The van der Waals surface area contributed by atoms with E-state index in [1.54, 1.807) is 0 Å². The van der Waals surface area contributed by atoms with Gasteiger partial charge in [-0.1, -0.05) is 18.6 Å². The zero-order valence-corrected chi connectivity index (χ0v) is 13.0. The second kappa shape index (κ2) is 6.95. The highest BCUT2D eigenvalue weighted by molar-refractivity contribution is 7.80. The second-order valence-electron chi connectivity index (χ2n) is 5.41. The third-order valence-corrected chi connectivity index (χ3v) is 3.89. The van der Waals surface area contributed by atoms with Crippen molar-refractivity contribution in [3.63, 3.8) is 0 Å². The number of aryl methyl sites for hydroxylation is 1. The normalized spacial score (nSPS) is 17.7. The molecular formula is C14H23N5S. The minimum atomic E-state index is 0.308. The van der Waals surface area contributed by atoms with Gasteiger partial charge in [0, 0.05) is 18.3 Å². The van der Waals surface area contributed by atoms with E-state index in [2.05, 4.69) is 27.1 Å². The maximum absolute atomic E-state index is 5.63. The van der Waals surface area contributed by atoms with E-state index in [0.29, 0.717) is 22.7 Å². The molecule has 1 saturated heterocycles. The Morgan fingerprint density at radius 2 is 2.10 bits per heavy atom. The van der Waals surface area contributed by atoms with Crippen molar-refractivity contribution in [2.45, 2.75) is 39.2 Å². The Kier molecular flexibility index (Phi) is 5.25. The smallest absolute Gasteiger partial charge is 0.223 e. The van der Waals surface area contributed by atoms with Crippen molar-refractivity contribution in [2.75, 3.05) is 25.0 Å². The Morgan fingerprint density at radius 1 is 1.40 bits per heavy atom. The molecule has 110 valence electrons. The number of likely N-dealkylation sites (tertiary alicyclic amines) is 1. The van der Waals surface area contributed by atoms with E-state index in [9.17, 15) is 0 Å². The predicted molar refractivity (Wildman–Crippen MR) is 86.0 cm³/mol. The molecule has 20 heavy (non-hydrogen) atoms. The average Bonchev–Trinajstić information content (AvgIpc) is 2.45. The molecule has 6 heteroatoms. The number of rotatable bonds is 5. The Hall–Kier alpha value is -1.27. The van der Waals surface area contributed by atoms with Crippen LogP contribution in [0.2, 0.25) is 0 Å². The quantitative estimate of drug-likeness (QED) is 0.806. The van der Waals surface area contributed by atoms with Crippen LogP contribution in [0.4, 0.5) is 5.95 Å². The molecule has 0 amide bonds. The van der Waals surface area contributed by atoms with E-state index in [1.807, 2.05) is 13.0 Å². The zero-order valence-electron chi connectivity index (χ0n) is 12.2. The van der Waals surface area contributed by atoms with Crippen LogP contribution < -0.4 is 11.1 Å². The molecule has 1 atom stereocenters. The largest absolute Gasteiger partial charge is 0.388 e. The van der Waals surface area contributed by atoms with E-state index in [0.717, 1.165) is 12.2 Å². The van der Waals surface area contributed by atoms with Crippen molar-refractivity contribution in [3.05, 3.63) is 17.5 Å². The third-order valence-electron chi connectivity index (χ3n) is 3.68. The fraction of sp³-hybridized carbons (Fsp3) is 0.643. The first-order valence-electron chi connectivity index (χ1n) is 7.19. The molecule has 1 fully saturated rings. The third kappa shape index (κ3) is 4.11. The van der Waals surface area contributed by atoms with Gasteiger partial charge < -0.3 is 11.1 Å². The SMILES string of the molecule is Cc1cc(C(N)=S)nc(NCC(C)N2CCCCC2)n1. The molecule has 0 saturated carbocycles. The van der Waals surface area contributed by atoms with Gasteiger partial charge in [-0.15, -0.1) is 0 Å². The van der Waals surface area contributed by atoms with Gasteiger partial charge in [-0.25, -0.2) is 9.97 Å². The van der Waals surface area contributed by atoms with Gasteiger partial charge in [0.05, 0.1) is 0 Å². The molecule has 2 heterocycles. The molecule has 1 unspecified atom stereocenters. The van der Waals surface area contributed by atoms with Crippen molar-refractivity contribution in [1.82, 2.24) is 14.9 Å². The van der Waals surface area contributed by atoms with Crippen LogP contribution in [0.3, 0.4) is 0 Å². The maximum atomic E-state index is 5.63. The number of hydrogen-bond acceptors (Lipinski definition) is 5. The Balaban J connectivity index is 1.94. The summed E-state index contributed by atoms with van der Waals surface area (Å²) in [5, 5.41) is 3.30. The average molecular weight is 293 g/mol. The highest BCUT2D eigenvalue weighted by atomic mass is 32.1. The van der Waals surface area contributed by atoms with Gasteiger partial charge in [0.25, 0.3) is 0 Å². The number of hydrogen-bond donors (Lipinski definition) is 2. The van der Waals surface area contributed by atoms with Crippen LogP contribution in [0.1, 0.15) is 37.6 Å². The topological polar surface area (TPSA) is 67.1 Å². The minimum absolute atomic E-state index is 0.308. The number of anilines is 1. The fourth-order valence-corrected chi connectivity index (χ4v) is 2.61. The minimum Gasteiger partial charge on any atom is -0.388 e. The van der Waals surface area contributed by atoms with Crippen LogP contribution in [-0.2, 0) is 0 Å². The summed E-state index contributed by atoms with van der Waals surface area (Å²) in [6, 6.07) is 2.29. The summed E-state index contributed by atoms with van der Waals surface area (Å²) in [5.74, 6) is 0.608. The standard InChI is InChI=1S/C14H23N5S/c1-10-8-12(13(15)20)18-14(17-10)16-9-11(2)19-6-4-3-5-7-19/h8,11H,3-7,9H2,1-2H3,(H2,15,20)(H,16,17,18). The highest BCUT2D eigenvalue weighted by Gasteiger charge is 2.16. The van der Waals surface area contributed by atoms with Crippen LogP contribution in [0.5, 0.6) is 0 Å². The molecule has 5 nitrogen and oxygen atoms in total. The van der Waals surface area contributed by atoms with Crippen LogP contribution in [0.15, 0.2) is 6.07 Å². The summed E-state index contributed by atoms with van der Waals surface area (Å²) in [7, 11) is 0. The summed E-state index contributed by atoms with van der Waals surface area (Å²) < 4.78 is 0. The molecular weight excluding hydrogens is 270 g/mol. The lowest BCUT2D eigenvalue weighted by molar-refractivity contribution is 0.180. The van der Waals surface area contributed by atoms with Crippen molar-refractivity contribution < 1.29 is 0 Å². The lowest BCUT2D eigenvalue weighted by Crippen LogP contribution is -2.41. The van der Waals surface area contributed by atoms with Crippen LogP contribution in [0.25, 0.3) is 0 Å². The van der Waals surface area contributed by atoms with E-state index in [1.165, 1.54) is 32.4 Å². The molecule has 0 radical (unpaired) electrons. The number of piperidine rings is 1. The van der Waals surface area contributed by atoms with E-state index >= 15 is 0 Å². The van der Waals surface area contributed by atoms with Gasteiger partial charge in [-0.3, -0.25) is 4.90 Å². The summed E-state index contributed by atoms with van der Waals surface area (Å²) in [6.45, 7) is 7.37. The van der Waals surface area contributed by atoms with Gasteiger partial charge >= 0.3 is 0 Å². The Labute approximate surface area is 126 Å². The van der Waals surface area contributed by atoms with Gasteiger partial charge in [0.15, 0.2) is 0 Å². The van der Waals surface area contributed by atoms with Gasteiger partial charge in [0.2, 0.25) is 5.95 Å². The molecule has 1 aliphatic rings. The second-order valence-corrected chi connectivity index (χ2v) is 5.85. The number of aromatic nitrogens is 2. The molecule has 0 bridgehead atoms. The molecule has 0 aliphatic carbocycles. The Morgan fingerprint density at radius 3 is 2.75 bits per heavy atom. The molecule has 2 rings (SSSR count). The lowest BCUT2D eigenvalue weighted by Gasteiger charge is -2.32. The number of nitrogens with zero attached hydrogens (tertiary/aromatic N) is 3. The summed E-state index contributed by atoms with van der Waals surface area (Å²) in [5.41, 5.74) is 7.13. The molecule has 1 aromatic rings. The fourth-order valence-electron chi connectivity index (χ4n) is 2.50. The van der Waals surface area contributed by atoms with Crippen molar-refractivity contribution in [3.8, 4) is 0 Å². The number of nitrogens with one attached hydrogen (secondary N) is 1. The summed E-state index contributed by atoms with van der Waals surface area (Å²) in [6.07, 6.45) is 3.96. The summed E-state index contributed by atoms with van der Waals surface area (Å²) >= 11 is 4.97. The maximum Gasteiger partial charge on any atom is 0.223 e. The summed E-state index contributed by atoms with van der Waals surface area (Å²) in [4.78, 5) is 11.5. The van der Waals surface area contributed by atoms with Crippen molar-refractivity contribution >= 4 is 23.2 Å². The monoisotopic (exact) mass is 293 g/mol. The molecule has 3 N–H and O–H groups in total. The van der Waals surface area contributed by atoms with Gasteiger partial charge in [0.1, 0.15) is 10.7 Å². The first-order chi connectivity index (χ1) is 9.56. The number of thiocarbonyl (C=S) groups is 1. The highest BCUT2D eigenvalue weighted by Crippen LogP contribution is 2.12. The van der Waals surface area contributed by atoms with Crippen LogP contribution >= 0.6 is 12.2 Å². The molecule has 1 aromatic heterocycles. The van der Waals surface area contributed by atoms with Crippen LogP contribution in [0, 0.1) is 6.92 Å². The molecule has 0 aromatic carbocycles. The van der Waals surface area contributed by atoms with Crippen LogP contribution in [-0.4, -0.2) is 45.5 Å². The first kappa shape index (κ1) is 15.1. The molecule has 1 aliphatic heterocycles. The van der Waals surface area contributed by atoms with Gasteiger partial charge in [-0.2, -0.15) is 0 Å². The lowest BCUT2D eigenvalue weighted by atomic mass is 10.1. The zero-order chi connectivity index (χ0) is 14.5. The Bertz CT molecular complexity index is 471.